The number of aryl methyl sites for hydroxylation is 1. The first-order chi connectivity index (χ1) is 11.2. The number of halogens is 2. The Hall–Kier alpha value is -1.84. The van der Waals surface area contributed by atoms with Gasteiger partial charge >= 0.3 is 0 Å². The first kappa shape index (κ1) is 16.0. The van der Waals surface area contributed by atoms with E-state index in [4.69, 9.17) is 23.2 Å². The monoisotopic (exact) mass is 346 g/mol. The average Bonchev–Trinajstić information content (AvgIpc) is 2.58. The smallest absolute Gasteiger partial charge is 0.267 e. The van der Waals surface area contributed by atoms with Gasteiger partial charge in [-0.3, -0.25) is 4.79 Å². The second kappa shape index (κ2) is 7.16. The van der Waals surface area contributed by atoms with E-state index in [2.05, 4.69) is 5.10 Å². The number of hydrogen-bond acceptors (Lipinski definition) is 2. The Bertz CT molecular complexity index is 872. The van der Waals surface area contributed by atoms with Crippen molar-refractivity contribution >= 4 is 34.0 Å². The van der Waals surface area contributed by atoms with Crippen LogP contribution in [-0.2, 0) is 6.54 Å². The van der Waals surface area contributed by atoms with E-state index in [9.17, 15) is 4.79 Å². The summed E-state index contributed by atoms with van der Waals surface area (Å²) in [4.78, 5) is 12.6. The predicted octanol–water partition coefficient (Wildman–Crippen LogP) is 4.74. The summed E-state index contributed by atoms with van der Waals surface area (Å²) in [5, 5.41) is 6.80. The summed E-state index contributed by atoms with van der Waals surface area (Å²) in [7, 11) is 0. The van der Waals surface area contributed by atoms with Crippen LogP contribution in [-0.4, -0.2) is 15.7 Å². The SMILES string of the molecule is O=c1c2ccccc2c(-c2ccc(Cl)cc2)nn1CCCCCl. The summed E-state index contributed by atoms with van der Waals surface area (Å²) in [5.41, 5.74) is 1.67. The topological polar surface area (TPSA) is 34.9 Å². The molecular weight excluding hydrogens is 331 g/mol. The van der Waals surface area contributed by atoms with E-state index in [1.807, 2.05) is 48.5 Å². The molecule has 0 radical (unpaired) electrons. The third-order valence-electron chi connectivity index (χ3n) is 3.74. The number of benzene rings is 2. The predicted molar refractivity (Wildman–Crippen MR) is 96.4 cm³/mol. The van der Waals surface area contributed by atoms with Crippen LogP contribution < -0.4 is 5.56 Å². The molecule has 3 aromatic rings. The van der Waals surface area contributed by atoms with Crippen molar-refractivity contribution in [1.29, 1.82) is 0 Å². The van der Waals surface area contributed by atoms with Crippen LogP contribution in [0.2, 0.25) is 5.02 Å². The lowest BCUT2D eigenvalue weighted by molar-refractivity contribution is 0.551. The fraction of sp³-hybridized carbons (Fsp3) is 0.222. The Morgan fingerprint density at radius 2 is 1.65 bits per heavy atom. The van der Waals surface area contributed by atoms with Crippen molar-refractivity contribution in [2.24, 2.45) is 0 Å². The summed E-state index contributed by atoms with van der Waals surface area (Å²) in [6.45, 7) is 0.566. The zero-order chi connectivity index (χ0) is 16.2. The van der Waals surface area contributed by atoms with Gasteiger partial charge < -0.3 is 0 Å². The molecule has 0 saturated carbocycles. The van der Waals surface area contributed by atoms with Gasteiger partial charge in [0.05, 0.1) is 11.1 Å². The summed E-state index contributed by atoms with van der Waals surface area (Å²) in [6, 6.07) is 15.1. The molecule has 0 aliphatic rings. The quantitative estimate of drug-likeness (QED) is 0.494. The maximum Gasteiger partial charge on any atom is 0.274 e. The van der Waals surface area contributed by atoms with Crippen LogP contribution in [0.1, 0.15) is 12.8 Å². The molecule has 0 spiro atoms. The maximum atomic E-state index is 12.6. The Labute approximate surface area is 144 Å². The maximum absolute atomic E-state index is 12.6. The highest BCUT2D eigenvalue weighted by Crippen LogP contribution is 2.25. The Balaban J connectivity index is 2.17. The number of rotatable bonds is 5. The molecule has 0 N–H and O–H groups in total. The van der Waals surface area contributed by atoms with E-state index in [-0.39, 0.29) is 5.56 Å². The molecule has 2 aromatic carbocycles. The van der Waals surface area contributed by atoms with E-state index in [0.717, 1.165) is 29.5 Å². The van der Waals surface area contributed by atoms with Crippen molar-refractivity contribution in [3.63, 3.8) is 0 Å². The van der Waals surface area contributed by atoms with Crippen LogP contribution in [0.15, 0.2) is 53.3 Å². The highest BCUT2D eigenvalue weighted by Gasteiger charge is 2.11. The van der Waals surface area contributed by atoms with Crippen molar-refractivity contribution in [2.75, 3.05) is 5.88 Å². The number of unbranched alkanes of at least 4 members (excludes halogenated alkanes) is 1. The molecule has 0 aliphatic carbocycles. The summed E-state index contributed by atoms with van der Waals surface area (Å²) in [6.07, 6.45) is 1.69. The third kappa shape index (κ3) is 3.41. The van der Waals surface area contributed by atoms with E-state index < -0.39 is 0 Å². The summed E-state index contributed by atoms with van der Waals surface area (Å²) in [5.74, 6) is 0.590. The van der Waals surface area contributed by atoms with Crippen LogP contribution in [0.4, 0.5) is 0 Å². The first-order valence-corrected chi connectivity index (χ1v) is 8.44. The van der Waals surface area contributed by atoms with Crippen molar-refractivity contribution in [3.8, 4) is 11.3 Å². The Kier molecular flexibility index (Phi) is 4.99. The molecule has 0 amide bonds. The fourth-order valence-electron chi connectivity index (χ4n) is 2.56. The van der Waals surface area contributed by atoms with Gasteiger partial charge in [0.1, 0.15) is 0 Å². The molecule has 3 nitrogen and oxygen atoms in total. The lowest BCUT2D eigenvalue weighted by Crippen LogP contribution is -2.24. The number of nitrogens with zero attached hydrogens (tertiary/aromatic N) is 2. The summed E-state index contributed by atoms with van der Waals surface area (Å²) < 4.78 is 1.54. The van der Waals surface area contributed by atoms with Crippen LogP contribution in [0.5, 0.6) is 0 Å². The van der Waals surface area contributed by atoms with Gasteiger partial charge in [-0.15, -0.1) is 11.6 Å². The average molecular weight is 347 g/mol. The van der Waals surface area contributed by atoms with Crippen LogP contribution >= 0.6 is 23.2 Å². The molecule has 0 bridgehead atoms. The zero-order valence-electron chi connectivity index (χ0n) is 12.5. The Morgan fingerprint density at radius 3 is 2.35 bits per heavy atom. The molecule has 5 heteroatoms. The molecule has 0 fully saturated rings. The summed E-state index contributed by atoms with van der Waals surface area (Å²) >= 11 is 11.7. The lowest BCUT2D eigenvalue weighted by Gasteiger charge is -2.11. The van der Waals surface area contributed by atoms with Crippen LogP contribution in [0.25, 0.3) is 22.0 Å². The molecule has 3 rings (SSSR count). The highest BCUT2D eigenvalue weighted by molar-refractivity contribution is 6.30. The van der Waals surface area contributed by atoms with Gasteiger partial charge in [0.25, 0.3) is 5.56 Å². The number of fused-ring (bicyclic) bond motifs is 1. The molecular formula is C18H16Cl2N2O. The third-order valence-corrected chi connectivity index (χ3v) is 4.26. The Morgan fingerprint density at radius 1 is 0.957 bits per heavy atom. The minimum absolute atomic E-state index is 0.0621. The largest absolute Gasteiger partial charge is 0.274 e. The molecule has 118 valence electrons. The van der Waals surface area contributed by atoms with Gasteiger partial charge in [-0.2, -0.15) is 5.10 Å². The fourth-order valence-corrected chi connectivity index (χ4v) is 2.88. The lowest BCUT2D eigenvalue weighted by atomic mass is 10.1. The molecule has 1 heterocycles. The van der Waals surface area contributed by atoms with E-state index in [0.29, 0.717) is 22.8 Å². The normalized spacial score (nSPS) is 11.0. The molecule has 0 saturated heterocycles. The molecule has 0 atom stereocenters. The minimum atomic E-state index is -0.0621. The minimum Gasteiger partial charge on any atom is -0.267 e. The number of hydrogen-bond donors (Lipinski definition) is 0. The van der Waals surface area contributed by atoms with Crippen molar-refractivity contribution in [2.45, 2.75) is 19.4 Å². The molecule has 0 unspecified atom stereocenters. The van der Waals surface area contributed by atoms with Gasteiger partial charge in [-0.1, -0.05) is 41.9 Å². The van der Waals surface area contributed by atoms with E-state index >= 15 is 0 Å². The zero-order valence-corrected chi connectivity index (χ0v) is 14.0. The second-order valence-corrected chi connectivity index (χ2v) is 6.14. The number of alkyl halides is 1. The molecule has 0 aliphatic heterocycles. The molecule has 1 aromatic heterocycles. The standard InChI is InChI=1S/C18H16Cl2N2O/c19-11-3-4-12-22-18(23)16-6-2-1-5-15(16)17(21-22)13-7-9-14(20)10-8-13/h1-2,5-10H,3-4,11-12H2. The van der Waals surface area contributed by atoms with Gasteiger partial charge in [-0.05, 0) is 31.0 Å². The van der Waals surface area contributed by atoms with Gasteiger partial charge in [-0.25, -0.2) is 4.68 Å². The van der Waals surface area contributed by atoms with Crippen molar-refractivity contribution in [3.05, 3.63) is 63.9 Å². The molecule has 23 heavy (non-hydrogen) atoms. The van der Waals surface area contributed by atoms with Gasteiger partial charge in [0.15, 0.2) is 0 Å². The van der Waals surface area contributed by atoms with E-state index in [1.54, 1.807) is 4.68 Å². The van der Waals surface area contributed by atoms with Crippen LogP contribution in [0, 0.1) is 0 Å². The highest BCUT2D eigenvalue weighted by atomic mass is 35.5. The first-order valence-electron chi connectivity index (χ1n) is 7.52. The van der Waals surface area contributed by atoms with Crippen LogP contribution in [0.3, 0.4) is 0 Å². The van der Waals surface area contributed by atoms with Gasteiger partial charge in [0, 0.05) is 28.4 Å². The van der Waals surface area contributed by atoms with E-state index in [1.165, 1.54) is 0 Å². The number of aromatic nitrogens is 2. The second-order valence-electron chi connectivity index (χ2n) is 5.33. The van der Waals surface area contributed by atoms with Crippen molar-refractivity contribution < 1.29 is 0 Å². The van der Waals surface area contributed by atoms with Crippen molar-refractivity contribution in [1.82, 2.24) is 9.78 Å². The van der Waals surface area contributed by atoms with Gasteiger partial charge in [0.2, 0.25) is 0 Å².